The van der Waals surface area contributed by atoms with E-state index in [2.05, 4.69) is 58.2 Å². The fourth-order valence-corrected chi connectivity index (χ4v) is 6.16. The number of anilines is 1. The number of unbranched alkanes of at least 4 members (excludes halogenated alkanes) is 2. The molecule has 1 saturated carbocycles. The van der Waals surface area contributed by atoms with Crippen molar-refractivity contribution in [2.45, 2.75) is 111 Å². The monoisotopic (exact) mass is 639 g/mol. The van der Waals surface area contributed by atoms with E-state index in [1.165, 1.54) is 0 Å². The smallest absolute Gasteiger partial charge is 0.137 e. The number of nitrogens with zero attached hydrogens (tertiary/aromatic N) is 3. The van der Waals surface area contributed by atoms with E-state index in [0.717, 1.165) is 61.3 Å². The third kappa shape index (κ3) is 8.77. The lowest BCUT2D eigenvalue weighted by Gasteiger charge is -2.51. The third-order valence-corrected chi connectivity index (χ3v) is 8.65. The molecule has 0 radical (unpaired) electrons. The molecule has 0 amide bonds. The molecule has 2 aromatic rings. The van der Waals surface area contributed by atoms with E-state index in [1.54, 1.807) is 28.4 Å². The molecule has 1 aliphatic carbocycles. The van der Waals surface area contributed by atoms with Gasteiger partial charge in [0.25, 0.3) is 0 Å². The Morgan fingerprint density at radius 3 is 1.96 bits per heavy atom. The van der Waals surface area contributed by atoms with Gasteiger partial charge in [-0.2, -0.15) is 5.10 Å². The van der Waals surface area contributed by atoms with Gasteiger partial charge in [-0.3, -0.25) is 0 Å². The van der Waals surface area contributed by atoms with Crippen LogP contribution in [0.25, 0.3) is 5.70 Å². The molecule has 258 valence electrons. The summed E-state index contributed by atoms with van der Waals surface area (Å²) in [6.07, 6.45) is 9.82. The Kier molecular flexibility index (Phi) is 15.4. The van der Waals surface area contributed by atoms with Crippen molar-refractivity contribution in [2.75, 3.05) is 46.4 Å². The molecule has 2 unspecified atom stereocenters. The highest BCUT2D eigenvalue weighted by molar-refractivity contribution is 5.63. The van der Waals surface area contributed by atoms with Crippen molar-refractivity contribution >= 4 is 11.4 Å². The molecule has 0 bridgehead atoms. The maximum Gasteiger partial charge on any atom is 0.137 e. The van der Waals surface area contributed by atoms with Gasteiger partial charge < -0.3 is 29.0 Å². The lowest BCUT2D eigenvalue weighted by Crippen LogP contribution is -2.54. The van der Waals surface area contributed by atoms with Crippen molar-refractivity contribution in [1.82, 2.24) is 9.78 Å². The Bertz CT molecular complexity index is 1290. The number of phenols is 1. The summed E-state index contributed by atoms with van der Waals surface area (Å²) in [7, 11) is 6.69. The van der Waals surface area contributed by atoms with E-state index < -0.39 is 0 Å². The maximum absolute atomic E-state index is 11.4. The lowest BCUT2D eigenvalue weighted by atomic mass is 9.62. The zero-order valence-electron chi connectivity index (χ0n) is 30.6. The van der Waals surface area contributed by atoms with Gasteiger partial charge in [-0.1, -0.05) is 74.0 Å². The Morgan fingerprint density at radius 1 is 0.957 bits per heavy atom. The van der Waals surface area contributed by atoms with Crippen molar-refractivity contribution in [3.63, 3.8) is 0 Å². The summed E-state index contributed by atoms with van der Waals surface area (Å²) >= 11 is 0. The molecule has 1 aromatic heterocycles. The van der Waals surface area contributed by atoms with Gasteiger partial charge in [0.15, 0.2) is 0 Å². The first-order chi connectivity index (χ1) is 22.0. The van der Waals surface area contributed by atoms with Gasteiger partial charge in [-0.25, -0.2) is 4.68 Å². The molecule has 0 saturated heterocycles. The van der Waals surface area contributed by atoms with Crippen LogP contribution in [0.5, 0.6) is 5.75 Å². The van der Waals surface area contributed by atoms with Crippen LogP contribution < -0.4 is 4.90 Å². The summed E-state index contributed by atoms with van der Waals surface area (Å²) < 4.78 is 25.2. The highest BCUT2D eigenvalue weighted by atomic mass is 16.5. The van der Waals surface area contributed by atoms with Crippen LogP contribution in [0.2, 0.25) is 0 Å². The van der Waals surface area contributed by atoms with E-state index >= 15 is 0 Å². The van der Waals surface area contributed by atoms with E-state index in [4.69, 9.17) is 24.0 Å². The van der Waals surface area contributed by atoms with Gasteiger partial charge in [-0.05, 0) is 31.9 Å². The lowest BCUT2D eigenvalue weighted by molar-refractivity contribution is -0.116. The first-order valence-corrected chi connectivity index (χ1v) is 16.9. The first kappa shape index (κ1) is 39.0. The normalized spacial score (nSPS) is 20.0. The van der Waals surface area contributed by atoms with Crippen molar-refractivity contribution in [3.05, 3.63) is 71.5 Å². The number of hydrogen-bond acceptors (Lipinski definition) is 7. The van der Waals surface area contributed by atoms with Crippen molar-refractivity contribution < 1.29 is 24.1 Å². The Balaban J connectivity index is 0.00000361. The second-order valence-electron chi connectivity index (χ2n) is 12.6. The van der Waals surface area contributed by atoms with E-state index in [-0.39, 0.29) is 35.2 Å². The van der Waals surface area contributed by atoms with Crippen LogP contribution in [-0.4, -0.2) is 68.6 Å². The van der Waals surface area contributed by atoms with Crippen LogP contribution in [-0.2, 0) is 24.4 Å². The van der Waals surface area contributed by atoms with Crippen molar-refractivity contribution in [1.29, 1.82) is 0 Å². The van der Waals surface area contributed by atoms with Crippen molar-refractivity contribution in [2.24, 2.45) is 0 Å². The topological polar surface area (TPSA) is 78.2 Å². The number of aromatic hydroxyl groups is 1. The molecule has 2 atom stereocenters. The minimum atomic E-state index is -0.267. The van der Waals surface area contributed by atoms with Gasteiger partial charge in [0.05, 0.1) is 32.1 Å². The minimum Gasteiger partial charge on any atom is -0.508 e. The van der Waals surface area contributed by atoms with Gasteiger partial charge in [0.1, 0.15) is 23.0 Å². The standard InChI is InChI=1S/C36H55N3O5.C2H6/c1-12-15-19-38(20-16-13-2)25-17-18-27(30(40)21-25)31-33(43-10)32(34(31)44-11)28-23-39(37-35(28)36(5,6)7)29(24(4)41-8)22-26(14-3)42-9;1-2/h14,17-18,21-23,31-34,40H,4,12-13,15-16,19-20H2,1-3,5-11H3;1-2H3/b26-14+,29-22+;. The van der Waals surface area contributed by atoms with Crippen LogP contribution >= 0.6 is 0 Å². The number of phenolic OH excluding ortho intramolecular Hbond substituents is 1. The molecule has 1 aliphatic rings. The van der Waals surface area contributed by atoms with Gasteiger partial charge in [0, 0.05) is 79.7 Å². The maximum atomic E-state index is 11.4. The summed E-state index contributed by atoms with van der Waals surface area (Å²) in [4.78, 5) is 2.38. The van der Waals surface area contributed by atoms with Crippen LogP contribution in [0.4, 0.5) is 5.69 Å². The summed E-state index contributed by atoms with van der Waals surface area (Å²) in [5.74, 6) is 1.16. The Hall–Kier alpha value is -3.23. The van der Waals surface area contributed by atoms with E-state index in [9.17, 15) is 5.11 Å². The molecular formula is C38H61N3O5. The van der Waals surface area contributed by atoms with Gasteiger partial charge >= 0.3 is 0 Å². The number of aromatic nitrogens is 2. The molecule has 1 fully saturated rings. The van der Waals surface area contributed by atoms with Crippen LogP contribution in [0, 0.1) is 0 Å². The molecule has 8 heteroatoms. The van der Waals surface area contributed by atoms with Crippen molar-refractivity contribution in [3.8, 4) is 5.75 Å². The van der Waals surface area contributed by atoms with Gasteiger partial charge in [-0.15, -0.1) is 0 Å². The molecule has 0 aliphatic heterocycles. The summed E-state index contributed by atoms with van der Waals surface area (Å²) in [6.45, 7) is 22.9. The van der Waals surface area contributed by atoms with Crippen LogP contribution in [0.1, 0.15) is 110 Å². The highest BCUT2D eigenvalue weighted by Gasteiger charge is 2.55. The predicted molar refractivity (Wildman–Crippen MR) is 191 cm³/mol. The molecule has 46 heavy (non-hydrogen) atoms. The summed E-state index contributed by atoms with van der Waals surface area (Å²) in [6, 6.07) is 6.09. The number of ether oxygens (including phenoxy) is 4. The van der Waals surface area contributed by atoms with E-state index in [0.29, 0.717) is 17.2 Å². The van der Waals surface area contributed by atoms with Crippen LogP contribution in [0.3, 0.4) is 0 Å². The van der Waals surface area contributed by atoms with Gasteiger partial charge in [0.2, 0.25) is 0 Å². The molecule has 3 rings (SSSR count). The second kappa shape index (κ2) is 18.2. The summed E-state index contributed by atoms with van der Waals surface area (Å²) in [5, 5.41) is 16.5. The molecule has 1 N–H and O–H groups in total. The molecule has 1 heterocycles. The third-order valence-electron chi connectivity index (χ3n) is 8.65. The quantitative estimate of drug-likeness (QED) is 0.145. The molecule has 8 nitrogen and oxygen atoms in total. The number of methoxy groups -OCH3 is 4. The fraction of sp³-hybridized carbons (Fsp3) is 0.605. The molecule has 1 aromatic carbocycles. The summed E-state index contributed by atoms with van der Waals surface area (Å²) in [5.41, 5.74) is 4.26. The average Bonchev–Trinajstić information content (AvgIpc) is 3.48. The van der Waals surface area contributed by atoms with E-state index in [1.807, 2.05) is 49.9 Å². The predicted octanol–water partition coefficient (Wildman–Crippen LogP) is 8.78. The fourth-order valence-electron chi connectivity index (χ4n) is 6.16. The zero-order chi connectivity index (χ0) is 34.6. The average molecular weight is 640 g/mol. The minimum absolute atomic E-state index is 0.108. The molecule has 0 spiro atoms. The highest BCUT2D eigenvalue weighted by Crippen LogP contribution is 2.54. The Labute approximate surface area is 279 Å². The zero-order valence-corrected chi connectivity index (χ0v) is 30.6. The number of hydrogen-bond donors (Lipinski definition) is 1. The number of rotatable bonds is 16. The largest absolute Gasteiger partial charge is 0.508 e. The Morgan fingerprint density at radius 2 is 1.52 bits per heavy atom. The molecular weight excluding hydrogens is 578 g/mol. The number of benzene rings is 1. The number of allylic oxidation sites excluding steroid dienone is 3. The van der Waals surface area contributed by atoms with Crippen LogP contribution in [0.15, 0.2) is 54.6 Å². The SMILES string of the molecule is C=C(OC)/C(=C\C(=C/C)OC)n1cc(C2C(OC)C(c3ccc(N(CCCC)CCCC)cc3O)C2OC)c(C(C)(C)C)n1.CC. The second-order valence-corrected chi connectivity index (χ2v) is 12.6. The first-order valence-electron chi connectivity index (χ1n) is 16.9.